The smallest absolute Gasteiger partial charge is 0.272 e. The second-order valence-electron chi connectivity index (χ2n) is 5.67. The number of amides is 1. The monoisotopic (exact) mass is 289 g/mol. The highest BCUT2D eigenvalue weighted by Crippen LogP contribution is 2.21. The molecule has 3 rings (SSSR count). The summed E-state index contributed by atoms with van der Waals surface area (Å²) in [7, 11) is 0. The quantitative estimate of drug-likeness (QED) is 0.905. The number of aromatic nitrogens is 4. The summed E-state index contributed by atoms with van der Waals surface area (Å²) in [6, 6.07) is 1.68. The Hall–Kier alpha value is -2.02. The van der Waals surface area contributed by atoms with E-state index in [1.165, 1.54) is 6.33 Å². The minimum atomic E-state index is -0.140. The number of carbonyl (C=O) groups is 1. The predicted molar refractivity (Wildman–Crippen MR) is 76.0 cm³/mol. The fraction of sp³-hybridized carbons (Fsp3) is 0.571. The second kappa shape index (κ2) is 5.40. The Morgan fingerprint density at radius 3 is 3.05 bits per heavy atom. The molecule has 1 atom stereocenters. The topological polar surface area (TPSA) is 83.6 Å². The summed E-state index contributed by atoms with van der Waals surface area (Å²) in [5.41, 5.74) is 1.28. The number of nitrogens with zero attached hydrogens (tertiary/aromatic N) is 5. The van der Waals surface area contributed by atoms with Crippen LogP contribution in [0.3, 0.4) is 0 Å². The Morgan fingerprint density at radius 1 is 1.52 bits per heavy atom. The maximum Gasteiger partial charge on any atom is 0.272 e. The number of aliphatic hydroxyl groups is 1. The first kappa shape index (κ1) is 13.9. The van der Waals surface area contributed by atoms with E-state index < -0.39 is 0 Å². The molecular weight excluding hydrogens is 270 g/mol. The number of hydrogen-bond acceptors (Lipinski definition) is 5. The molecule has 1 fully saturated rings. The molecule has 1 N–H and O–H groups in total. The van der Waals surface area contributed by atoms with Crippen LogP contribution >= 0.6 is 0 Å². The van der Waals surface area contributed by atoms with Crippen molar-refractivity contribution in [3.8, 4) is 0 Å². The first-order valence-electron chi connectivity index (χ1n) is 7.24. The molecule has 7 nitrogen and oxygen atoms in total. The van der Waals surface area contributed by atoms with E-state index in [9.17, 15) is 9.90 Å². The van der Waals surface area contributed by atoms with Gasteiger partial charge >= 0.3 is 0 Å². The molecule has 112 valence electrons. The number of aliphatic hydroxyl groups excluding tert-OH is 1. The van der Waals surface area contributed by atoms with E-state index in [0.717, 1.165) is 18.5 Å². The lowest BCUT2D eigenvalue weighted by Gasteiger charge is -2.23. The van der Waals surface area contributed by atoms with Gasteiger partial charge in [-0.15, -0.1) is 0 Å². The van der Waals surface area contributed by atoms with Crippen LogP contribution in [0.2, 0.25) is 0 Å². The molecule has 1 aliphatic heterocycles. The molecule has 2 aromatic rings. The summed E-state index contributed by atoms with van der Waals surface area (Å²) in [6.45, 7) is 4.74. The third kappa shape index (κ3) is 2.37. The highest BCUT2D eigenvalue weighted by atomic mass is 16.3. The van der Waals surface area contributed by atoms with E-state index in [1.54, 1.807) is 15.5 Å². The summed E-state index contributed by atoms with van der Waals surface area (Å²) in [4.78, 5) is 22.8. The van der Waals surface area contributed by atoms with Gasteiger partial charge in [0.1, 0.15) is 12.0 Å². The Morgan fingerprint density at radius 2 is 2.33 bits per heavy atom. The van der Waals surface area contributed by atoms with Crippen LogP contribution in [0.15, 0.2) is 12.4 Å². The molecule has 0 aliphatic carbocycles. The van der Waals surface area contributed by atoms with Gasteiger partial charge in [0, 0.05) is 6.54 Å². The lowest BCUT2D eigenvalue weighted by molar-refractivity contribution is 0.0671. The molecule has 1 amide bonds. The lowest BCUT2D eigenvalue weighted by atomic mass is 10.1. The molecule has 7 heteroatoms. The van der Waals surface area contributed by atoms with E-state index in [1.807, 2.05) is 13.8 Å². The second-order valence-corrected chi connectivity index (χ2v) is 5.67. The van der Waals surface area contributed by atoms with Crippen LogP contribution < -0.4 is 0 Å². The van der Waals surface area contributed by atoms with E-state index >= 15 is 0 Å². The molecule has 3 heterocycles. The molecular formula is C14H19N5O2. The van der Waals surface area contributed by atoms with E-state index in [4.69, 9.17) is 0 Å². The highest BCUT2D eigenvalue weighted by molar-refractivity contribution is 5.93. The van der Waals surface area contributed by atoms with Crippen LogP contribution in [0.5, 0.6) is 0 Å². The van der Waals surface area contributed by atoms with Gasteiger partial charge in [0.15, 0.2) is 0 Å². The van der Waals surface area contributed by atoms with Crippen LogP contribution in [-0.4, -0.2) is 54.7 Å². The SMILES string of the molecule is CC(C)c1cc(C(=O)N2CCC[C@@H]2CO)nc2ncnn12. The van der Waals surface area contributed by atoms with E-state index in [2.05, 4.69) is 15.1 Å². The van der Waals surface area contributed by atoms with Crippen molar-refractivity contribution in [1.29, 1.82) is 0 Å². The van der Waals surface area contributed by atoms with Crippen LogP contribution in [0, 0.1) is 0 Å². The van der Waals surface area contributed by atoms with Crippen molar-refractivity contribution in [2.24, 2.45) is 0 Å². The summed E-state index contributed by atoms with van der Waals surface area (Å²) >= 11 is 0. The first-order chi connectivity index (χ1) is 10.1. The summed E-state index contributed by atoms with van der Waals surface area (Å²) in [5, 5.41) is 13.5. The van der Waals surface area contributed by atoms with Crippen LogP contribution in [-0.2, 0) is 0 Å². The number of carbonyl (C=O) groups excluding carboxylic acids is 1. The molecule has 2 aromatic heterocycles. The fourth-order valence-corrected chi connectivity index (χ4v) is 2.80. The van der Waals surface area contributed by atoms with Crippen molar-refractivity contribution < 1.29 is 9.90 Å². The maximum absolute atomic E-state index is 12.7. The number of hydrogen-bond donors (Lipinski definition) is 1. The van der Waals surface area contributed by atoms with Crippen LogP contribution in [0.4, 0.5) is 0 Å². The van der Waals surface area contributed by atoms with E-state index in [-0.39, 0.29) is 24.5 Å². The van der Waals surface area contributed by atoms with Crippen molar-refractivity contribution in [2.75, 3.05) is 13.2 Å². The minimum Gasteiger partial charge on any atom is -0.394 e. The van der Waals surface area contributed by atoms with Gasteiger partial charge in [-0.05, 0) is 24.8 Å². The Bertz CT molecular complexity index is 666. The van der Waals surface area contributed by atoms with Gasteiger partial charge in [-0.1, -0.05) is 13.8 Å². The van der Waals surface area contributed by atoms with Crippen molar-refractivity contribution in [1.82, 2.24) is 24.5 Å². The van der Waals surface area contributed by atoms with Gasteiger partial charge in [-0.25, -0.2) is 9.50 Å². The highest BCUT2D eigenvalue weighted by Gasteiger charge is 2.30. The molecule has 0 aromatic carbocycles. The Labute approximate surface area is 122 Å². The normalized spacial score (nSPS) is 18.9. The summed E-state index contributed by atoms with van der Waals surface area (Å²) in [6.07, 6.45) is 3.20. The predicted octanol–water partition coefficient (Wildman–Crippen LogP) is 0.845. The van der Waals surface area contributed by atoms with Gasteiger partial charge < -0.3 is 10.0 Å². The largest absolute Gasteiger partial charge is 0.394 e. The Kier molecular flexibility index (Phi) is 3.59. The summed E-state index contributed by atoms with van der Waals surface area (Å²) in [5.74, 6) is 0.499. The molecule has 0 saturated carbocycles. The van der Waals surface area contributed by atoms with Gasteiger partial charge in [0.2, 0.25) is 0 Å². The van der Waals surface area contributed by atoms with Gasteiger partial charge in [-0.3, -0.25) is 4.79 Å². The first-order valence-corrected chi connectivity index (χ1v) is 7.24. The molecule has 0 spiro atoms. The fourth-order valence-electron chi connectivity index (χ4n) is 2.80. The summed E-state index contributed by atoms with van der Waals surface area (Å²) < 4.78 is 1.66. The van der Waals surface area contributed by atoms with Gasteiger partial charge in [-0.2, -0.15) is 10.1 Å². The minimum absolute atomic E-state index is 0.00401. The molecule has 0 unspecified atom stereocenters. The molecule has 1 aliphatic rings. The van der Waals surface area contributed by atoms with Crippen LogP contribution in [0.25, 0.3) is 5.78 Å². The molecule has 0 radical (unpaired) electrons. The van der Waals surface area contributed by atoms with Crippen molar-refractivity contribution >= 4 is 11.7 Å². The van der Waals surface area contributed by atoms with Gasteiger partial charge in [0.05, 0.1) is 18.3 Å². The van der Waals surface area contributed by atoms with Gasteiger partial charge in [0.25, 0.3) is 11.7 Å². The zero-order chi connectivity index (χ0) is 15.0. The standard InChI is InChI=1S/C14H19N5O2/c1-9(2)12-6-11(17-14-15-8-16-19(12)14)13(21)18-5-3-4-10(18)7-20/h6,8-10,20H,3-5,7H2,1-2H3/t10-/m1/s1. The van der Waals surface area contributed by atoms with Crippen molar-refractivity contribution in [2.45, 2.75) is 38.6 Å². The molecule has 21 heavy (non-hydrogen) atoms. The third-order valence-electron chi connectivity index (χ3n) is 3.94. The number of fused-ring (bicyclic) bond motifs is 1. The van der Waals surface area contributed by atoms with Crippen molar-refractivity contribution in [3.05, 3.63) is 23.8 Å². The number of rotatable bonds is 3. The zero-order valence-corrected chi connectivity index (χ0v) is 12.2. The number of likely N-dealkylation sites (tertiary alicyclic amines) is 1. The van der Waals surface area contributed by atoms with Crippen LogP contribution in [0.1, 0.15) is 48.8 Å². The van der Waals surface area contributed by atoms with E-state index in [0.29, 0.717) is 18.0 Å². The zero-order valence-electron chi connectivity index (χ0n) is 12.2. The average Bonchev–Trinajstić information content (AvgIpc) is 3.13. The lowest BCUT2D eigenvalue weighted by Crippen LogP contribution is -2.38. The third-order valence-corrected chi connectivity index (χ3v) is 3.94. The maximum atomic E-state index is 12.7. The average molecular weight is 289 g/mol. The Balaban J connectivity index is 2.02. The van der Waals surface area contributed by atoms with Crippen molar-refractivity contribution in [3.63, 3.8) is 0 Å². The molecule has 1 saturated heterocycles. The molecule has 0 bridgehead atoms.